The van der Waals surface area contributed by atoms with Crippen LogP contribution >= 0.6 is 23.2 Å². The van der Waals surface area contributed by atoms with Gasteiger partial charge in [-0.1, -0.05) is 41.4 Å². The number of carbonyl (C=O) groups is 3. The molecule has 0 bridgehead atoms. The summed E-state index contributed by atoms with van der Waals surface area (Å²) in [7, 11) is 1.57. The summed E-state index contributed by atoms with van der Waals surface area (Å²) in [6, 6.07) is 9.67. The van der Waals surface area contributed by atoms with Gasteiger partial charge in [-0.05, 0) is 35.4 Å². The Morgan fingerprint density at radius 2 is 1.81 bits per heavy atom. The zero-order valence-electron chi connectivity index (χ0n) is 22.9. The van der Waals surface area contributed by atoms with E-state index in [0.29, 0.717) is 59.9 Å². The first-order valence-corrected chi connectivity index (χ1v) is 13.9. The molecule has 0 aliphatic carbocycles. The second-order valence-electron chi connectivity index (χ2n) is 9.74. The van der Waals surface area contributed by atoms with E-state index in [2.05, 4.69) is 10.3 Å². The number of carbonyl (C=O) groups excluding carboxylic acids is 2. The van der Waals surface area contributed by atoms with Gasteiger partial charge in [0.2, 0.25) is 0 Å². The lowest BCUT2D eigenvalue weighted by atomic mass is 9.95. The van der Waals surface area contributed by atoms with E-state index in [9.17, 15) is 19.5 Å². The zero-order chi connectivity index (χ0) is 30.8. The molecule has 1 fully saturated rings. The number of urea groups is 1. The number of allylic oxidation sites excluding steroid dienone is 1. The molecule has 10 nitrogen and oxygen atoms in total. The first-order valence-electron chi connectivity index (χ1n) is 13.1. The van der Waals surface area contributed by atoms with Crippen molar-refractivity contribution in [2.75, 3.05) is 43.6 Å². The van der Waals surface area contributed by atoms with Crippen LogP contribution in [-0.2, 0) is 11.3 Å². The van der Waals surface area contributed by atoms with Crippen LogP contribution in [0.5, 0.6) is 0 Å². The van der Waals surface area contributed by atoms with Gasteiger partial charge in [-0.3, -0.25) is 14.7 Å². The number of benzene rings is 3. The number of aliphatic imine (C=N–C) groups is 1. The largest absolute Gasteiger partial charge is 0.478 e. The topological polar surface area (TPSA) is 138 Å². The Balaban J connectivity index is 1.51. The molecule has 1 saturated heterocycles. The van der Waals surface area contributed by atoms with Crippen molar-refractivity contribution in [3.05, 3.63) is 86.8 Å². The predicted octanol–water partition coefficient (Wildman–Crippen LogP) is 5.52. The van der Waals surface area contributed by atoms with Crippen LogP contribution in [0.1, 0.15) is 31.8 Å². The summed E-state index contributed by atoms with van der Waals surface area (Å²) in [6.07, 6.45) is 2.84. The van der Waals surface area contributed by atoms with E-state index in [-0.39, 0.29) is 33.3 Å². The smallest absolute Gasteiger partial charge is 0.337 e. The molecule has 5 rings (SSSR count). The second kappa shape index (κ2) is 12.4. The number of nitrogens with zero attached hydrogens (tertiary/aromatic N) is 3. The van der Waals surface area contributed by atoms with Crippen molar-refractivity contribution in [1.82, 2.24) is 4.90 Å². The van der Waals surface area contributed by atoms with Crippen LogP contribution in [-0.4, -0.2) is 67.5 Å². The highest BCUT2D eigenvalue weighted by Gasteiger charge is 2.33. The molecule has 0 spiro atoms. The standard InChI is InChI=1S/C30H26Cl2FN5O5/c1-35-14-18(13-34)17-9-22(31)26(23(32)10-17)28(39)38-15-16-3-2-4-19(27(16)36-30(38)42)20-12-25(37-5-7-43-8-6-37)21(29(40)41)11-24(20)33/h2-4,9-14H,5-8,15,34H2,1H3,(H,36,42)(H,40,41). The maximum absolute atomic E-state index is 15.5. The quantitative estimate of drug-likeness (QED) is 0.307. The molecule has 3 aromatic rings. The number of aromatic carboxylic acids is 1. The van der Waals surface area contributed by atoms with Gasteiger partial charge >= 0.3 is 12.0 Å². The number of ether oxygens (including phenoxy) is 1. The van der Waals surface area contributed by atoms with Crippen LogP contribution in [0.25, 0.3) is 16.7 Å². The molecule has 13 heteroatoms. The molecule has 0 atom stereocenters. The van der Waals surface area contributed by atoms with Gasteiger partial charge in [-0.2, -0.15) is 0 Å². The fourth-order valence-electron chi connectivity index (χ4n) is 5.12. The van der Waals surface area contributed by atoms with Crippen LogP contribution < -0.4 is 16.0 Å². The number of para-hydroxylation sites is 1. The zero-order valence-corrected chi connectivity index (χ0v) is 24.4. The third-order valence-electron chi connectivity index (χ3n) is 7.20. The summed E-state index contributed by atoms with van der Waals surface area (Å²) in [6.45, 7) is 1.54. The highest BCUT2D eigenvalue weighted by atomic mass is 35.5. The Morgan fingerprint density at radius 3 is 2.44 bits per heavy atom. The highest BCUT2D eigenvalue weighted by molar-refractivity contribution is 6.40. The summed E-state index contributed by atoms with van der Waals surface area (Å²) < 4.78 is 20.8. The van der Waals surface area contributed by atoms with E-state index < -0.39 is 23.7 Å². The van der Waals surface area contributed by atoms with Gasteiger partial charge in [-0.25, -0.2) is 14.0 Å². The molecule has 222 valence electrons. The van der Waals surface area contributed by atoms with E-state index in [4.69, 9.17) is 33.7 Å². The summed E-state index contributed by atoms with van der Waals surface area (Å²) in [5.74, 6) is -2.76. The number of nitrogens with two attached hydrogens (primary N) is 1. The van der Waals surface area contributed by atoms with Gasteiger partial charge < -0.3 is 25.8 Å². The van der Waals surface area contributed by atoms with Crippen LogP contribution in [0, 0.1) is 5.82 Å². The number of hydrogen-bond acceptors (Lipinski definition) is 7. The number of morpholine rings is 1. The highest BCUT2D eigenvalue weighted by Crippen LogP contribution is 2.40. The van der Waals surface area contributed by atoms with Crippen molar-refractivity contribution in [2.45, 2.75) is 6.54 Å². The first-order chi connectivity index (χ1) is 20.6. The van der Waals surface area contributed by atoms with Gasteiger partial charge in [-0.15, -0.1) is 0 Å². The third kappa shape index (κ3) is 5.79. The molecule has 3 amide bonds. The van der Waals surface area contributed by atoms with E-state index >= 15 is 4.39 Å². The van der Waals surface area contributed by atoms with Crippen molar-refractivity contribution in [2.24, 2.45) is 10.7 Å². The number of anilines is 2. The number of halogens is 3. The molecule has 0 saturated carbocycles. The van der Waals surface area contributed by atoms with Crippen molar-refractivity contribution >= 4 is 64.3 Å². The number of nitrogens with one attached hydrogen (secondary N) is 1. The Morgan fingerprint density at radius 1 is 1.12 bits per heavy atom. The number of hydrogen-bond donors (Lipinski definition) is 3. The first kappa shape index (κ1) is 30.0. The summed E-state index contributed by atoms with van der Waals surface area (Å²) in [4.78, 5) is 45.5. The average Bonchev–Trinajstić information content (AvgIpc) is 2.99. The SMILES string of the molecule is CN=CC(=CN)c1cc(Cl)c(C(=O)N2Cc3cccc(-c4cc(N5CCOCC5)c(C(=O)O)cc4F)c3NC2=O)c(Cl)c1. The molecule has 0 unspecified atom stereocenters. The van der Waals surface area contributed by atoms with Crippen LogP contribution in [0.15, 0.2) is 53.7 Å². The molecule has 0 aromatic heterocycles. The van der Waals surface area contributed by atoms with Gasteiger partial charge in [0.25, 0.3) is 5.91 Å². The van der Waals surface area contributed by atoms with Crippen LogP contribution in [0.3, 0.4) is 0 Å². The minimum atomic E-state index is -1.26. The van der Waals surface area contributed by atoms with Crippen LogP contribution in [0.4, 0.5) is 20.6 Å². The fraction of sp³-hybridized carbons (Fsp3) is 0.200. The Labute approximate surface area is 256 Å². The van der Waals surface area contributed by atoms with E-state index in [0.717, 1.165) is 11.0 Å². The van der Waals surface area contributed by atoms with E-state index in [1.807, 2.05) is 4.90 Å². The lowest BCUT2D eigenvalue weighted by Crippen LogP contribution is -2.43. The van der Waals surface area contributed by atoms with E-state index in [1.165, 1.54) is 30.6 Å². The van der Waals surface area contributed by atoms with Crippen molar-refractivity contribution < 1.29 is 28.6 Å². The van der Waals surface area contributed by atoms with Crippen molar-refractivity contribution in [3.63, 3.8) is 0 Å². The minimum absolute atomic E-state index is 0.0138. The van der Waals surface area contributed by atoms with Gasteiger partial charge in [0.1, 0.15) is 5.82 Å². The molecule has 4 N–H and O–H groups in total. The van der Waals surface area contributed by atoms with Gasteiger partial charge in [0.15, 0.2) is 0 Å². The molecule has 2 aliphatic heterocycles. The number of rotatable bonds is 6. The second-order valence-corrected chi connectivity index (χ2v) is 10.6. The van der Waals surface area contributed by atoms with Gasteiger partial charge in [0, 0.05) is 49.3 Å². The fourth-order valence-corrected chi connectivity index (χ4v) is 5.77. The normalized spacial score (nSPS) is 15.4. The monoisotopic (exact) mass is 625 g/mol. The molecule has 3 aromatic carbocycles. The van der Waals surface area contributed by atoms with E-state index in [1.54, 1.807) is 25.2 Å². The lowest BCUT2D eigenvalue weighted by Gasteiger charge is -2.31. The summed E-state index contributed by atoms with van der Waals surface area (Å²) >= 11 is 12.9. The Kier molecular flexibility index (Phi) is 8.67. The Bertz CT molecular complexity index is 1680. The minimum Gasteiger partial charge on any atom is -0.478 e. The molecule has 2 aliphatic rings. The molecule has 43 heavy (non-hydrogen) atoms. The summed E-state index contributed by atoms with van der Waals surface area (Å²) in [5, 5.41) is 12.5. The molecular formula is C30H26Cl2FN5O5. The predicted molar refractivity (Wildman–Crippen MR) is 164 cm³/mol. The molecule has 2 heterocycles. The molecule has 0 radical (unpaired) electrons. The van der Waals surface area contributed by atoms with Crippen molar-refractivity contribution in [3.8, 4) is 11.1 Å². The maximum atomic E-state index is 15.5. The number of carboxylic acids is 1. The van der Waals surface area contributed by atoms with Crippen molar-refractivity contribution in [1.29, 1.82) is 0 Å². The molecular weight excluding hydrogens is 600 g/mol. The van der Waals surface area contributed by atoms with Crippen LogP contribution in [0.2, 0.25) is 10.0 Å². The number of imide groups is 1. The van der Waals surface area contributed by atoms with Gasteiger partial charge in [0.05, 0.1) is 52.3 Å². The number of carboxylic acid groups (broad SMARTS) is 1. The number of amides is 3. The number of fused-ring (bicyclic) bond motifs is 1. The Hall–Kier alpha value is -4.45. The summed E-state index contributed by atoms with van der Waals surface area (Å²) in [5.41, 5.74) is 8.09. The lowest BCUT2D eigenvalue weighted by molar-refractivity contribution is 0.0694. The average molecular weight is 626 g/mol. The third-order valence-corrected chi connectivity index (χ3v) is 7.79. The maximum Gasteiger partial charge on any atom is 0.337 e.